The average molecular weight is 529 g/mol. The van der Waals surface area contributed by atoms with E-state index >= 15 is 0 Å². The molecule has 0 spiro atoms. The molecule has 0 saturated carbocycles. The minimum absolute atomic E-state index is 0.00970. The Kier molecular flexibility index (Phi) is 6.78. The first-order valence-electron chi connectivity index (χ1n) is 11.8. The number of amides is 1. The largest absolute Gasteiger partial charge is 0.505 e. The molecule has 8 nitrogen and oxygen atoms in total. The van der Waals surface area contributed by atoms with Gasteiger partial charge in [-0.05, 0) is 43.2 Å². The summed E-state index contributed by atoms with van der Waals surface area (Å²) in [6.45, 7) is 7.37. The third-order valence-electron chi connectivity index (χ3n) is 6.87. The Morgan fingerprint density at radius 3 is 2.56 bits per heavy atom. The summed E-state index contributed by atoms with van der Waals surface area (Å²) in [7, 11) is 0. The minimum Gasteiger partial charge on any atom is -0.505 e. The van der Waals surface area contributed by atoms with Crippen LogP contribution < -0.4 is 0 Å². The molecular formula is C26H26Cl2N4O4. The fraction of sp³-hybridized carbons (Fsp3) is 0.346. The van der Waals surface area contributed by atoms with E-state index in [2.05, 4.69) is 9.88 Å². The number of hydrogen-bond donors (Lipinski definition) is 1. The number of aliphatic hydroxyl groups is 1. The van der Waals surface area contributed by atoms with E-state index in [0.29, 0.717) is 53.3 Å². The number of aliphatic hydroxyl groups excluding tert-OH is 1. The number of nitrogens with zero attached hydrogens (tertiary/aromatic N) is 4. The van der Waals surface area contributed by atoms with Crippen molar-refractivity contribution in [3.05, 3.63) is 74.7 Å². The van der Waals surface area contributed by atoms with Crippen LogP contribution in [-0.2, 0) is 14.3 Å². The van der Waals surface area contributed by atoms with Crippen LogP contribution in [0.25, 0.3) is 11.4 Å². The zero-order chi connectivity index (χ0) is 25.6. The Labute approximate surface area is 218 Å². The highest BCUT2D eigenvalue weighted by molar-refractivity contribution is 6.46. The van der Waals surface area contributed by atoms with Crippen molar-refractivity contribution in [2.45, 2.75) is 19.9 Å². The number of benzene rings is 1. The molecule has 3 aromatic rings. The summed E-state index contributed by atoms with van der Waals surface area (Å²) in [5.41, 5.74) is 3.10. The molecule has 10 heteroatoms. The molecule has 1 atom stereocenters. The van der Waals surface area contributed by atoms with Crippen LogP contribution in [0.4, 0.5) is 0 Å². The maximum atomic E-state index is 13.4. The molecule has 2 aromatic heterocycles. The quantitative estimate of drug-likeness (QED) is 0.306. The maximum absolute atomic E-state index is 13.4. The monoisotopic (exact) mass is 528 g/mol. The van der Waals surface area contributed by atoms with E-state index in [-0.39, 0.29) is 17.0 Å². The van der Waals surface area contributed by atoms with Crippen LogP contribution in [-0.4, -0.2) is 75.4 Å². The minimum atomic E-state index is -0.828. The van der Waals surface area contributed by atoms with Gasteiger partial charge in [0, 0.05) is 32.4 Å². The zero-order valence-corrected chi connectivity index (χ0v) is 21.5. The number of fused-ring (bicyclic) bond motifs is 1. The molecule has 1 aromatic carbocycles. The van der Waals surface area contributed by atoms with Gasteiger partial charge in [0.15, 0.2) is 5.76 Å². The van der Waals surface area contributed by atoms with E-state index in [1.54, 1.807) is 18.2 Å². The van der Waals surface area contributed by atoms with Gasteiger partial charge in [-0.1, -0.05) is 35.3 Å². The zero-order valence-electron chi connectivity index (χ0n) is 20.0. The molecule has 5 rings (SSSR count). The van der Waals surface area contributed by atoms with E-state index < -0.39 is 17.7 Å². The number of Topliss-reactive ketones (excluding diaryl/α,β-unsaturated/α-hetero) is 1. The van der Waals surface area contributed by atoms with Crippen LogP contribution in [0.5, 0.6) is 0 Å². The number of ether oxygens (including phenoxy) is 1. The third-order valence-corrected chi connectivity index (χ3v) is 7.61. The van der Waals surface area contributed by atoms with Gasteiger partial charge < -0.3 is 19.1 Å². The highest BCUT2D eigenvalue weighted by atomic mass is 35.5. The standard InChI is InChI=1S/C26H26Cl2N4O4/c1-15-4-3-7-31-16(2)21(29-25(15)31)23(33)20-22(17-5-6-18(27)19(28)14-17)32(26(35)24(20)34)9-8-30-10-12-36-13-11-30/h3-7,14,22,33H,8-13H2,1-2H3. The van der Waals surface area contributed by atoms with Gasteiger partial charge in [0.05, 0.1) is 40.6 Å². The SMILES string of the molecule is Cc1cccn2c(C)c(C(O)=C3C(=O)C(=O)N(CCN4CCOCC4)C3c3ccc(Cl)c(Cl)c3)nc12. The summed E-state index contributed by atoms with van der Waals surface area (Å²) in [5, 5.41) is 12.1. The lowest BCUT2D eigenvalue weighted by atomic mass is 9.96. The molecule has 1 amide bonds. The topological polar surface area (TPSA) is 87.4 Å². The van der Waals surface area contributed by atoms with Crippen LogP contribution in [0.2, 0.25) is 10.0 Å². The molecule has 36 heavy (non-hydrogen) atoms. The number of pyridine rings is 1. The Morgan fingerprint density at radius 1 is 1.11 bits per heavy atom. The number of rotatable bonds is 5. The van der Waals surface area contributed by atoms with Crippen molar-refractivity contribution in [1.82, 2.24) is 19.2 Å². The maximum Gasteiger partial charge on any atom is 0.295 e. The molecule has 188 valence electrons. The van der Waals surface area contributed by atoms with Gasteiger partial charge in [0.2, 0.25) is 0 Å². The highest BCUT2D eigenvalue weighted by Gasteiger charge is 2.46. The van der Waals surface area contributed by atoms with Crippen molar-refractivity contribution in [3.8, 4) is 0 Å². The second kappa shape index (κ2) is 9.86. The highest BCUT2D eigenvalue weighted by Crippen LogP contribution is 2.41. The predicted molar refractivity (Wildman–Crippen MR) is 137 cm³/mol. The number of halogens is 2. The lowest BCUT2D eigenvalue weighted by Crippen LogP contribution is -2.42. The molecule has 2 aliphatic rings. The Bertz CT molecular complexity index is 1390. The number of carbonyl (C=O) groups excluding carboxylic acids is 2. The van der Waals surface area contributed by atoms with Crippen molar-refractivity contribution in [3.63, 3.8) is 0 Å². The summed E-state index contributed by atoms with van der Waals surface area (Å²) in [5.74, 6) is -1.73. The van der Waals surface area contributed by atoms with E-state index in [0.717, 1.165) is 18.7 Å². The number of imidazole rings is 1. The van der Waals surface area contributed by atoms with E-state index in [4.69, 9.17) is 27.9 Å². The first-order chi connectivity index (χ1) is 17.3. The second-order valence-electron chi connectivity index (χ2n) is 9.05. The molecular weight excluding hydrogens is 503 g/mol. The fourth-order valence-corrected chi connectivity index (χ4v) is 5.19. The average Bonchev–Trinajstić information content (AvgIpc) is 3.34. The number of aromatic nitrogens is 2. The van der Waals surface area contributed by atoms with Crippen LogP contribution in [0.3, 0.4) is 0 Å². The summed E-state index contributed by atoms with van der Waals surface area (Å²) in [6.07, 6.45) is 1.85. The van der Waals surface area contributed by atoms with Crippen LogP contribution in [0, 0.1) is 13.8 Å². The molecule has 2 saturated heterocycles. The Balaban J connectivity index is 1.62. The summed E-state index contributed by atoms with van der Waals surface area (Å²) >= 11 is 12.5. The van der Waals surface area contributed by atoms with E-state index in [1.165, 1.54) is 4.90 Å². The summed E-state index contributed by atoms with van der Waals surface area (Å²) in [6, 6.07) is 7.97. The number of hydrogen-bond acceptors (Lipinski definition) is 6. The molecule has 2 aliphatic heterocycles. The lowest BCUT2D eigenvalue weighted by Gasteiger charge is -2.31. The number of likely N-dealkylation sites (tertiary alicyclic amines) is 1. The molecule has 1 unspecified atom stereocenters. The first kappa shape index (κ1) is 24.8. The smallest absolute Gasteiger partial charge is 0.295 e. The van der Waals surface area contributed by atoms with Gasteiger partial charge >= 0.3 is 0 Å². The van der Waals surface area contributed by atoms with Gasteiger partial charge in [-0.15, -0.1) is 0 Å². The molecule has 0 aliphatic carbocycles. The first-order valence-corrected chi connectivity index (χ1v) is 12.5. The molecule has 0 bridgehead atoms. The fourth-order valence-electron chi connectivity index (χ4n) is 4.89. The van der Waals surface area contributed by atoms with Gasteiger partial charge in [0.25, 0.3) is 11.7 Å². The number of carbonyl (C=O) groups is 2. The second-order valence-corrected chi connectivity index (χ2v) is 9.87. The lowest BCUT2D eigenvalue weighted by molar-refractivity contribution is -0.140. The summed E-state index contributed by atoms with van der Waals surface area (Å²) in [4.78, 5) is 35.0. The molecule has 4 heterocycles. The van der Waals surface area contributed by atoms with E-state index in [1.807, 2.05) is 36.6 Å². The predicted octanol–water partition coefficient (Wildman–Crippen LogP) is 4.01. The molecule has 2 fully saturated rings. The van der Waals surface area contributed by atoms with Gasteiger partial charge in [0.1, 0.15) is 11.3 Å². The van der Waals surface area contributed by atoms with Gasteiger partial charge in [-0.2, -0.15) is 0 Å². The normalized spacial score (nSPS) is 20.6. The Morgan fingerprint density at radius 2 is 1.86 bits per heavy atom. The van der Waals surface area contributed by atoms with Crippen LogP contribution in [0.1, 0.15) is 28.6 Å². The van der Waals surface area contributed by atoms with Crippen LogP contribution in [0.15, 0.2) is 42.1 Å². The molecule has 0 radical (unpaired) electrons. The van der Waals surface area contributed by atoms with Gasteiger partial charge in [-0.3, -0.25) is 14.5 Å². The van der Waals surface area contributed by atoms with Crippen molar-refractivity contribution in [2.24, 2.45) is 0 Å². The third kappa shape index (κ3) is 4.28. The van der Waals surface area contributed by atoms with E-state index in [9.17, 15) is 14.7 Å². The van der Waals surface area contributed by atoms with Crippen molar-refractivity contribution in [1.29, 1.82) is 0 Å². The van der Waals surface area contributed by atoms with Crippen molar-refractivity contribution >= 4 is 46.3 Å². The number of aryl methyl sites for hydroxylation is 2. The summed E-state index contributed by atoms with van der Waals surface area (Å²) < 4.78 is 7.27. The number of morpholine rings is 1. The van der Waals surface area contributed by atoms with Gasteiger partial charge in [-0.25, -0.2) is 4.98 Å². The van der Waals surface area contributed by atoms with Crippen molar-refractivity contribution < 1.29 is 19.4 Å². The van der Waals surface area contributed by atoms with Crippen molar-refractivity contribution in [2.75, 3.05) is 39.4 Å². The molecule has 1 N–H and O–H groups in total. The number of ketones is 1. The van der Waals surface area contributed by atoms with Crippen LogP contribution >= 0.6 is 23.2 Å². The Hall–Kier alpha value is -2.91.